The largest absolute Gasteiger partial charge is 0.255 e. The number of thiophene rings is 1. The second kappa shape index (κ2) is 5.45. The van der Waals surface area contributed by atoms with Gasteiger partial charge in [0.05, 0.1) is 15.6 Å². The van der Waals surface area contributed by atoms with Crippen molar-refractivity contribution in [2.24, 2.45) is 4.99 Å². The van der Waals surface area contributed by atoms with Gasteiger partial charge in [-0.3, -0.25) is 4.99 Å². The van der Waals surface area contributed by atoms with E-state index in [1.165, 1.54) is 4.70 Å². The van der Waals surface area contributed by atoms with Crippen LogP contribution in [-0.4, -0.2) is 6.21 Å². The molecular formula is C15H9BrClNS. The Hall–Kier alpha value is -1.16. The molecule has 0 spiro atoms. The predicted molar refractivity (Wildman–Crippen MR) is 88.2 cm³/mol. The van der Waals surface area contributed by atoms with Gasteiger partial charge >= 0.3 is 0 Å². The molecule has 3 rings (SSSR count). The molecule has 1 nitrogen and oxygen atoms in total. The van der Waals surface area contributed by atoms with E-state index in [1.807, 2.05) is 48.7 Å². The summed E-state index contributed by atoms with van der Waals surface area (Å²) >= 11 is 11.4. The van der Waals surface area contributed by atoms with Crippen LogP contribution in [-0.2, 0) is 0 Å². The molecule has 0 fully saturated rings. The topological polar surface area (TPSA) is 12.4 Å². The van der Waals surface area contributed by atoms with Crippen molar-refractivity contribution in [2.45, 2.75) is 0 Å². The van der Waals surface area contributed by atoms with Crippen LogP contribution in [0.4, 0.5) is 5.69 Å². The van der Waals surface area contributed by atoms with E-state index in [-0.39, 0.29) is 0 Å². The molecule has 0 aliphatic rings. The summed E-state index contributed by atoms with van der Waals surface area (Å²) in [5, 5.41) is 1.87. The summed E-state index contributed by atoms with van der Waals surface area (Å²) in [6.07, 6.45) is 1.83. The Kier molecular flexibility index (Phi) is 3.69. The smallest absolute Gasteiger partial charge is 0.0680 e. The molecule has 1 aromatic heterocycles. The van der Waals surface area contributed by atoms with Crippen molar-refractivity contribution in [3.8, 4) is 0 Å². The fraction of sp³-hybridized carbons (Fsp3) is 0. The molecule has 0 bridgehead atoms. The van der Waals surface area contributed by atoms with Gasteiger partial charge in [0.25, 0.3) is 0 Å². The molecule has 0 saturated heterocycles. The third-order valence-corrected chi connectivity index (χ3v) is 4.87. The van der Waals surface area contributed by atoms with Gasteiger partial charge in [-0.15, -0.1) is 11.3 Å². The van der Waals surface area contributed by atoms with E-state index >= 15 is 0 Å². The zero-order chi connectivity index (χ0) is 13.2. The summed E-state index contributed by atoms with van der Waals surface area (Å²) in [7, 11) is 0. The summed E-state index contributed by atoms with van der Waals surface area (Å²) in [5.41, 5.74) is 0.914. The lowest BCUT2D eigenvalue weighted by Crippen LogP contribution is -1.74. The summed E-state index contributed by atoms with van der Waals surface area (Å²) in [4.78, 5) is 5.45. The molecule has 0 aliphatic heterocycles. The molecule has 1 heterocycles. The molecule has 19 heavy (non-hydrogen) atoms. The maximum Gasteiger partial charge on any atom is 0.0680 e. The van der Waals surface area contributed by atoms with Crippen LogP contribution in [0.1, 0.15) is 4.88 Å². The van der Waals surface area contributed by atoms with E-state index in [1.54, 1.807) is 11.3 Å². The van der Waals surface area contributed by atoms with Gasteiger partial charge in [-0.05, 0) is 30.3 Å². The minimum Gasteiger partial charge on any atom is -0.255 e. The Bertz CT molecular complexity index is 746. The van der Waals surface area contributed by atoms with E-state index < -0.39 is 0 Å². The van der Waals surface area contributed by atoms with Gasteiger partial charge in [0.2, 0.25) is 0 Å². The number of halogens is 2. The highest BCUT2D eigenvalue weighted by atomic mass is 79.9. The van der Waals surface area contributed by atoms with E-state index in [0.717, 1.165) is 25.4 Å². The van der Waals surface area contributed by atoms with E-state index in [4.69, 9.17) is 11.6 Å². The van der Waals surface area contributed by atoms with Crippen LogP contribution in [0.25, 0.3) is 10.1 Å². The van der Waals surface area contributed by atoms with Gasteiger partial charge in [-0.1, -0.05) is 45.7 Å². The molecular weight excluding hydrogens is 342 g/mol. The molecule has 94 valence electrons. The first-order chi connectivity index (χ1) is 9.24. The van der Waals surface area contributed by atoms with Gasteiger partial charge in [-0.25, -0.2) is 0 Å². The number of nitrogens with zero attached hydrogens (tertiary/aromatic N) is 1. The summed E-state index contributed by atoms with van der Waals surface area (Å²) < 4.78 is 2.23. The lowest BCUT2D eigenvalue weighted by Gasteiger charge is -1.93. The van der Waals surface area contributed by atoms with Gasteiger partial charge < -0.3 is 0 Å². The molecule has 0 N–H and O–H groups in total. The number of aliphatic imine (C=N–C) groups is 1. The summed E-state index contributed by atoms with van der Waals surface area (Å²) in [6, 6.07) is 16.0. The van der Waals surface area contributed by atoms with E-state index in [0.29, 0.717) is 0 Å². The molecule has 4 heteroatoms. The Balaban J connectivity index is 1.97. The standard InChI is InChI=1S/C15H9BrClNS/c16-10-5-7-11(8-6-10)18-9-14-15(17)12-3-1-2-4-13(12)19-14/h1-9H. The molecule has 0 atom stereocenters. The number of rotatable bonds is 2. The Morgan fingerprint density at radius 3 is 2.53 bits per heavy atom. The second-order valence-electron chi connectivity index (χ2n) is 4.01. The Morgan fingerprint density at radius 2 is 1.79 bits per heavy atom. The van der Waals surface area contributed by atoms with Crippen molar-refractivity contribution in [2.75, 3.05) is 0 Å². The van der Waals surface area contributed by atoms with Gasteiger partial charge in [0.1, 0.15) is 0 Å². The number of hydrogen-bond donors (Lipinski definition) is 0. The van der Waals surface area contributed by atoms with Crippen LogP contribution in [0.3, 0.4) is 0 Å². The number of hydrogen-bond acceptors (Lipinski definition) is 2. The summed E-state index contributed by atoms with van der Waals surface area (Å²) in [5.74, 6) is 0. The van der Waals surface area contributed by atoms with Crippen molar-refractivity contribution >= 4 is 60.9 Å². The van der Waals surface area contributed by atoms with Crippen molar-refractivity contribution in [1.82, 2.24) is 0 Å². The highest BCUT2D eigenvalue weighted by molar-refractivity contribution is 9.10. The average molecular weight is 351 g/mol. The fourth-order valence-electron chi connectivity index (χ4n) is 1.78. The van der Waals surface area contributed by atoms with Crippen molar-refractivity contribution in [3.05, 3.63) is 62.9 Å². The second-order valence-corrected chi connectivity index (χ2v) is 6.39. The highest BCUT2D eigenvalue weighted by Gasteiger charge is 2.07. The maximum absolute atomic E-state index is 6.36. The minimum absolute atomic E-state index is 0.779. The monoisotopic (exact) mass is 349 g/mol. The normalized spacial score (nSPS) is 11.5. The molecule has 0 amide bonds. The van der Waals surface area contributed by atoms with Crippen molar-refractivity contribution in [3.63, 3.8) is 0 Å². The Morgan fingerprint density at radius 1 is 1.05 bits per heavy atom. The van der Waals surface area contributed by atoms with Crippen LogP contribution in [0.15, 0.2) is 58.0 Å². The third-order valence-electron chi connectivity index (χ3n) is 2.72. The number of benzene rings is 2. The molecule has 3 aromatic rings. The molecule has 0 aliphatic carbocycles. The van der Waals surface area contributed by atoms with E-state index in [9.17, 15) is 0 Å². The average Bonchev–Trinajstić information content (AvgIpc) is 2.76. The lowest BCUT2D eigenvalue weighted by atomic mass is 10.2. The first kappa shape index (κ1) is 12.9. The van der Waals surface area contributed by atoms with E-state index in [2.05, 4.69) is 27.0 Å². The first-order valence-electron chi connectivity index (χ1n) is 5.71. The van der Waals surface area contributed by atoms with Crippen LogP contribution >= 0.6 is 38.9 Å². The lowest BCUT2D eigenvalue weighted by molar-refractivity contribution is 1.52. The van der Waals surface area contributed by atoms with Crippen LogP contribution < -0.4 is 0 Å². The van der Waals surface area contributed by atoms with Gasteiger partial charge in [-0.2, -0.15) is 0 Å². The molecule has 0 unspecified atom stereocenters. The minimum atomic E-state index is 0.779. The Labute approximate surface area is 128 Å². The zero-order valence-corrected chi connectivity index (χ0v) is 13.0. The number of fused-ring (bicyclic) bond motifs is 1. The third kappa shape index (κ3) is 2.73. The zero-order valence-electron chi connectivity index (χ0n) is 9.81. The molecule has 0 radical (unpaired) electrons. The quantitative estimate of drug-likeness (QED) is 0.497. The highest BCUT2D eigenvalue weighted by Crippen LogP contribution is 2.34. The van der Waals surface area contributed by atoms with Gasteiger partial charge in [0, 0.05) is 20.8 Å². The van der Waals surface area contributed by atoms with Crippen LogP contribution in [0.2, 0.25) is 5.02 Å². The summed E-state index contributed by atoms with van der Waals surface area (Å²) in [6.45, 7) is 0. The first-order valence-corrected chi connectivity index (χ1v) is 7.69. The van der Waals surface area contributed by atoms with Crippen LogP contribution in [0.5, 0.6) is 0 Å². The van der Waals surface area contributed by atoms with Gasteiger partial charge in [0.15, 0.2) is 0 Å². The molecule has 2 aromatic carbocycles. The van der Waals surface area contributed by atoms with Crippen LogP contribution in [0, 0.1) is 0 Å². The predicted octanol–water partition coefficient (Wildman–Crippen LogP) is 6.07. The fourth-order valence-corrected chi connectivity index (χ4v) is 3.39. The van der Waals surface area contributed by atoms with Crippen molar-refractivity contribution in [1.29, 1.82) is 0 Å². The SMILES string of the molecule is Clc1c(C=Nc2ccc(Br)cc2)sc2ccccc12. The maximum atomic E-state index is 6.36. The molecule has 0 saturated carbocycles. The van der Waals surface area contributed by atoms with Crippen molar-refractivity contribution < 1.29 is 0 Å².